The zero-order chi connectivity index (χ0) is 24.9. The molecule has 2 atom stereocenters. The molecule has 12 nitrogen and oxygen atoms in total. The highest BCUT2D eigenvalue weighted by atomic mass is 31.2. The van der Waals surface area contributed by atoms with E-state index < -0.39 is 25.1 Å². The van der Waals surface area contributed by atoms with Crippen molar-refractivity contribution in [3.05, 3.63) is 48.0 Å². The van der Waals surface area contributed by atoms with Gasteiger partial charge in [0.2, 0.25) is 7.44 Å². The third kappa shape index (κ3) is 6.15. The van der Waals surface area contributed by atoms with E-state index in [1.54, 1.807) is 42.1 Å². The van der Waals surface area contributed by atoms with E-state index in [-0.39, 0.29) is 18.7 Å². The summed E-state index contributed by atoms with van der Waals surface area (Å²) in [6, 6.07) is 8.82. The van der Waals surface area contributed by atoms with Crippen LogP contribution in [0.1, 0.15) is 31.9 Å². The molecule has 0 saturated carbocycles. The average molecular weight is 486 g/mol. The summed E-state index contributed by atoms with van der Waals surface area (Å²) in [5.74, 6) is -0.878. The van der Waals surface area contributed by atoms with Gasteiger partial charge in [-0.1, -0.05) is 12.1 Å². The minimum atomic E-state index is -3.52. The van der Waals surface area contributed by atoms with Crippen LogP contribution in [0.3, 0.4) is 0 Å². The molecule has 34 heavy (non-hydrogen) atoms. The third-order valence-electron chi connectivity index (χ3n) is 5.04. The number of imidazole rings is 1. The SMILES string of the molecule is C[C@H](Cn1cnc2c(N)ncnc21)OC[P@](=O)(NCc1ccc(C#N)cc1)NC(C)(C)C(=O)O. The van der Waals surface area contributed by atoms with Crippen molar-refractivity contribution in [1.82, 2.24) is 29.7 Å². The van der Waals surface area contributed by atoms with Crippen LogP contribution in [0.5, 0.6) is 0 Å². The molecule has 0 aliphatic heterocycles. The van der Waals surface area contributed by atoms with E-state index in [9.17, 15) is 14.5 Å². The van der Waals surface area contributed by atoms with Gasteiger partial charge in [0, 0.05) is 6.54 Å². The first-order chi connectivity index (χ1) is 16.0. The third-order valence-corrected chi connectivity index (χ3v) is 7.14. The summed E-state index contributed by atoms with van der Waals surface area (Å²) in [5, 5.41) is 24.1. The van der Waals surface area contributed by atoms with Crippen LogP contribution in [-0.2, 0) is 27.2 Å². The molecule has 0 unspecified atom stereocenters. The molecule has 5 N–H and O–H groups in total. The number of hydrogen-bond acceptors (Lipinski definition) is 8. The predicted molar refractivity (Wildman–Crippen MR) is 126 cm³/mol. The Morgan fingerprint density at radius 1 is 1.32 bits per heavy atom. The molecule has 0 amide bonds. The van der Waals surface area contributed by atoms with Crippen molar-refractivity contribution >= 4 is 30.4 Å². The van der Waals surface area contributed by atoms with Crippen LogP contribution < -0.4 is 15.9 Å². The van der Waals surface area contributed by atoms with Crippen molar-refractivity contribution in [1.29, 1.82) is 5.26 Å². The number of nitrogens with two attached hydrogens (primary N) is 1. The Kier molecular flexibility index (Phi) is 7.64. The van der Waals surface area contributed by atoms with E-state index >= 15 is 0 Å². The highest BCUT2D eigenvalue weighted by Crippen LogP contribution is 2.39. The number of fused-ring (bicyclic) bond motifs is 1. The van der Waals surface area contributed by atoms with E-state index in [4.69, 9.17) is 15.7 Å². The molecule has 0 radical (unpaired) electrons. The fourth-order valence-corrected chi connectivity index (χ4v) is 5.26. The number of ether oxygens (including phenoxy) is 1. The van der Waals surface area contributed by atoms with Gasteiger partial charge in [-0.25, -0.2) is 25.1 Å². The van der Waals surface area contributed by atoms with E-state index in [1.165, 1.54) is 20.2 Å². The normalized spacial score (nSPS) is 14.4. The van der Waals surface area contributed by atoms with Crippen molar-refractivity contribution in [3.63, 3.8) is 0 Å². The molecular formula is C21H27N8O4P. The second kappa shape index (κ2) is 10.3. The van der Waals surface area contributed by atoms with Crippen LogP contribution in [0.25, 0.3) is 11.2 Å². The Bertz CT molecular complexity index is 1250. The lowest BCUT2D eigenvalue weighted by Crippen LogP contribution is -2.47. The van der Waals surface area contributed by atoms with Gasteiger partial charge in [-0.3, -0.25) is 9.36 Å². The maximum Gasteiger partial charge on any atom is 0.323 e. The first-order valence-corrected chi connectivity index (χ1v) is 12.3. The number of carboxylic acid groups (broad SMARTS) is 1. The number of anilines is 1. The molecule has 0 spiro atoms. The maximum atomic E-state index is 13.7. The molecule has 2 heterocycles. The van der Waals surface area contributed by atoms with E-state index in [0.717, 1.165) is 5.56 Å². The van der Waals surface area contributed by atoms with Crippen LogP contribution in [0.2, 0.25) is 0 Å². The highest BCUT2D eigenvalue weighted by Gasteiger charge is 2.36. The van der Waals surface area contributed by atoms with Crippen molar-refractivity contribution in [3.8, 4) is 6.07 Å². The highest BCUT2D eigenvalue weighted by molar-refractivity contribution is 7.59. The Hall–Kier alpha value is -3.36. The monoisotopic (exact) mass is 486 g/mol. The number of aliphatic carboxylic acids is 1. The van der Waals surface area contributed by atoms with Crippen LogP contribution in [0, 0.1) is 11.3 Å². The molecule has 0 aliphatic carbocycles. The minimum Gasteiger partial charge on any atom is -0.480 e. The summed E-state index contributed by atoms with van der Waals surface area (Å²) < 4.78 is 21.3. The zero-order valence-electron chi connectivity index (χ0n) is 19.1. The molecule has 13 heteroatoms. The van der Waals surface area contributed by atoms with Gasteiger partial charge in [-0.2, -0.15) is 5.26 Å². The van der Waals surface area contributed by atoms with Gasteiger partial charge in [0.05, 0.1) is 30.6 Å². The molecule has 0 fully saturated rings. The number of nitrogens with zero attached hydrogens (tertiary/aromatic N) is 5. The molecule has 3 rings (SSSR count). The lowest BCUT2D eigenvalue weighted by Gasteiger charge is -2.30. The number of benzene rings is 1. The summed E-state index contributed by atoms with van der Waals surface area (Å²) in [7, 11) is -3.52. The lowest BCUT2D eigenvalue weighted by atomic mass is 10.1. The Morgan fingerprint density at radius 2 is 2.03 bits per heavy atom. The standard InChI is InChI=1S/C21H27N8O4P/c1-14(10-29-12-26-17-18(23)24-11-25-19(17)29)33-13-34(32,28-21(2,3)20(30)31)27-9-16-6-4-15(8-22)5-7-16/h4-7,11-12,14H,9-10,13H2,1-3H3,(H,30,31)(H2,23,24,25)(H2,27,28,32)/t14-,34+/m1/s1. The number of rotatable bonds is 11. The summed E-state index contributed by atoms with van der Waals surface area (Å²) in [6.45, 7) is 5.19. The quantitative estimate of drug-likeness (QED) is 0.291. The fraction of sp³-hybridized carbons (Fsp3) is 0.381. The molecule has 0 bridgehead atoms. The molecular weight excluding hydrogens is 459 g/mol. The van der Waals surface area contributed by atoms with Gasteiger partial charge < -0.3 is 20.1 Å². The first-order valence-electron chi connectivity index (χ1n) is 10.4. The van der Waals surface area contributed by atoms with Gasteiger partial charge in [-0.05, 0) is 38.5 Å². The van der Waals surface area contributed by atoms with E-state index in [0.29, 0.717) is 23.3 Å². The van der Waals surface area contributed by atoms with Crippen molar-refractivity contribution in [2.75, 3.05) is 12.1 Å². The van der Waals surface area contributed by atoms with Gasteiger partial charge in [0.15, 0.2) is 11.5 Å². The number of carboxylic acids is 1. The number of aromatic nitrogens is 4. The number of nitrogen functional groups attached to an aromatic ring is 1. The average Bonchev–Trinajstić information content (AvgIpc) is 3.20. The number of nitrogens with one attached hydrogen (secondary N) is 2. The molecule has 1 aromatic carbocycles. The molecule has 0 saturated heterocycles. The largest absolute Gasteiger partial charge is 0.480 e. The first kappa shape index (κ1) is 25.3. The van der Waals surface area contributed by atoms with E-state index in [1.807, 2.05) is 6.07 Å². The second-order valence-corrected chi connectivity index (χ2v) is 10.6. The smallest absolute Gasteiger partial charge is 0.323 e. The van der Waals surface area contributed by atoms with Gasteiger partial charge >= 0.3 is 5.97 Å². The maximum absolute atomic E-state index is 13.7. The summed E-state index contributed by atoms with van der Waals surface area (Å²) in [6.07, 6.45) is 2.25. The Morgan fingerprint density at radius 3 is 2.68 bits per heavy atom. The predicted octanol–water partition coefficient (Wildman–Crippen LogP) is 2.08. The Balaban J connectivity index is 1.70. The minimum absolute atomic E-state index is 0.186. The van der Waals surface area contributed by atoms with Gasteiger partial charge in [-0.15, -0.1) is 0 Å². The van der Waals surface area contributed by atoms with E-state index in [2.05, 4.69) is 25.1 Å². The second-order valence-electron chi connectivity index (χ2n) is 8.36. The molecule has 2 aromatic heterocycles. The topological polar surface area (TPSA) is 181 Å². The Labute approximate surface area is 196 Å². The van der Waals surface area contributed by atoms with Crippen LogP contribution >= 0.6 is 7.44 Å². The summed E-state index contributed by atoms with van der Waals surface area (Å²) in [5.41, 5.74) is 6.68. The van der Waals surface area contributed by atoms with Crippen LogP contribution in [-0.4, -0.2) is 48.6 Å². The van der Waals surface area contributed by atoms with Crippen LogP contribution in [0.4, 0.5) is 5.82 Å². The fourth-order valence-electron chi connectivity index (χ4n) is 3.13. The number of hydrogen-bond donors (Lipinski definition) is 4. The molecule has 3 aromatic rings. The van der Waals surface area contributed by atoms with Crippen molar-refractivity contribution in [2.45, 2.75) is 45.5 Å². The van der Waals surface area contributed by atoms with Crippen molar-refractivity contribution in [2.24, 2.45) is 0 Å². The number of nitriles is 1. The molecule has 180 valence electrons. The van der Waals surface area contributed by atoms with Crippen LogP contribution in [0.15, 0.2) is 36.9 Å². The number of carbonyl (C=O) groups is 1. The summed E-state index contributed by atoms with van der Waals surface area (Å²) >= 11 is 0. The summed E-state index contributed by atoms with van der Waals surface area (Å²) in [4.78, 5) is 24.0. The lowest BCUT2D eigenvalue weighted by molar-refractivity contribution is -0.142. The molecule has 0 aliphatic rings. The zero-order valence-corrected chi connectivity index (χ0v) is 20.0. The van der Waals surface area contributed by atoms with Crippen molar-refractivity contribution < 1.29 is 19.2 Å². The van der Waals surface area contributed by atoms with Gasteiger partial charge in [0.25, 0.3) is 0 Å². The van der Waals surface area contributed by atoms with Gasteiger partial charge in [0.1, 0.15) is 23.7 Å².